The molecule has 9 rings (SSSR count). The fourth-order valence-electron chi connectivity index (χ4n) is 5.46. The minimum atomic E-state index is -3.92. The predicted molar refractivity (Wildman–Crippen MR) is 204 cm³/mol. The van der Waals surface area contributed by atoms with Gasteiger partial charge in [-0.3, -0.25) is 0 Å². The number of sulfonamides is 1. The summed E-state index contributed by atoms with van der Waals surface area (Å²) in [5, 5.41) is 7.90. The van der Waals surface area contributed by atoms with Crippen molar-refractivity contribution in [3.05, 3.63) is 97.1 Å². The fourth-order valence-corrected chi connectivity index (χ4v) is 5.46. The van der Waals surface area contributed by atoms with Gasteiger partial charge in [0.25, 0.3) is 0 Å². The van der Waals surface area contributed by atoms with Gasteiger partial charge in [0.1, 0.15) is 0 Å². The Morgan fingerprint density at radius 2 is 0.603 bits per heavy atom. The van der Waals surface area contributed by atoms with Gasteiger partial charge in [0.05, 0.1) is 49.8 Å². The van der Waals surface area contributed by atoms with Gasteiger partial charge in [-0.1, -0.05) is 97.1 Å². The van der Waals surface area contributed by atoms with Gasteiger partial charge in [-0.05, 0) is 21.5 Å². The molecule has 4 aromatic carbocycles. The van der Waals surface area contributed by atoms with Gasteiger partial charge in [-0.25, -0.2) is 40.4 Å². The summed E-state index contributed by atoms with van der Waals surface area (Å²) >= 11 is 0. The Hall–Kier alpha value is -3.51. The van der Waals surface area contributed by atoms with Crippen molar-refractivity contribution in [1.29, 1.82) is 0 Å². The first-order chi connectivity index (χ1) is 25.8. The molecule has 7 aromatic rings. The van der Waals surface area contributed by atoms with Crippen molar-refractivity contribution in [2.45, 2.75) is 0 Å². The van der Waals surface area contributed by atoms with Crippen LogP contribution in [0.1, 0.15) is 0 Å². The van der Waals surface area contributed by atoms with Crippen LogP contribution in [0.25, 0.3) is 89.7 Å². The van der Waals surface area contributed by atoms with Crippen LogP contribution in [0.5, 0.6) is 0 Å². The van der Waals surface area contributed by atoms with Gasteiger partial charge in [0, 0.05) is 57.4 Å². The molecule has 3 aromatic heterocycles. The van der Waals surface area contributed by atoms with E-state index in [2.05, 4.69) is 5.14 Å². The van der Waals surface area contributed by atoms with Crippen LogP contribution in [0.2, 0.25) is 0 Å². The molecule has 5 heterocycles. The number of benzene rings is 4. The van der Waals surface area contributed by atoms with Crippen LogP contribution < -0.4 is 74.2 Å². The molecule has 23 heteroatoms. The van der Waals surface area contributed by atoms with Crippen LogP contribution in [0.4, 0.5) is 0 Å². The van der Waals surface area contributed by atoms with E-state index in [0.29, 0.717) is 58.4 Å². The normalized spacial score (nSPS) is 11.3. The standard InChI is InChI=1S/C32H16N8.CH5NO2S.2CH4O3S.Cu.2Na/c1-2-10-18-17(9-1)25-33-26(18)38-28-21-13-5-6-14-22(21)30(35-28)40-32-24-16-8-7-15-23(24)31(36-32)39-29-20-12-4-3-11-19(20)27(34-29)37-25;3*1-5(2,3)4;;;/h1-16H;1H3,(H2,2,3,4);2*1H3,(H,2,3,4);;;/q-2;;;;+2;2*+1/p-2. The minimum Gasteiger partial charge on any atom is -0.748 e. The molecular formula is C35H27CuN9Na2O8S3. The van der Waals surface area contributed by atoms with Crippen molar-refractivity contribution in [3.63, 3.8) is 0 Å². The zero-order valence-corrected chi connectivity index (χ0v) is 38.6. The summed E-state index contributed by atoms with van der Waals surface area (Å²) in [6.07, 6.45) is 2.15. The van der Waals surface area contributed by atoms with Crippen LogP contribution >= 0.6 is 0 Å². The summed E-state index contributed by atoms with van der Waals surface area (Å²) in [7, 11) is -11.0. The molecule has 1 radical (unpaired) electrons. The number of fused-ring (bicyclic) bond motifs is 20. The number of nitrogens with zero attached hydrogens (tertiary/aromatic N) is 8. The van der Waals surface area contributed by atoms with Crippen molar-refractivity contribution in [2.24, 2.45) is 5.14 Å². The van der Waals surface area contributed by atoms with Crippen molar-refractivity contribution >= 4 is 74.4 Å². The van der Waals surface area contributed by atoms with Crippen LogP contribution in [-0.4, -0.2) is 83.0 Å². The average molecular weight is 907 g/mol. The maximum absolute atomic E-state index is 9.41. The SMILES string of the molecule is CS(=O)(=O)[O-].CS(=O)(=O)[O-].CS(N)(=O)=O.[Cu+2].[Na+].[Na+].c1ccc2c(c1)-c1nc-2nc2[n-]c(nc3nc(nc4[n-]c(n1)c1ccccc41)-c1ccccc1-3)c1ccccc21. The first kappa shape index (κ1) is 48.9. The Bertz CT molecular complexity index is 2740. The van der Waals surface area contributed by atoms with E-state index in [0.717, 1.165) is 50.1 Å². The van der Waals surface area contributed by atoms with E-state index < -0.39 is 30.3 Å². The summed E-state index contributed by atoms with van der Waals surface area (Å²) in [4.78, 5) is 39.3. The zero-order chi connectivity index (χ0) is 39.7. The molecule has 0 saturated heterocycles. The topological polar surface area (TPSA) is 280 Å². The molecule has 2 aliphatic rings. The molecule has 2 N–H and O–H groups in total. The molecule has 0 atom stereocenters. The van der Waals surface area contributed by atoms with Gasteiger partial charge in [0.2, 0.25) is 10.0 Å². The van der Waals surface area contributed by atoms with Crippen LogP contribution in [0, 0.1) is 0 Å². The Morgan fingerprint density at radius 3 is 0.793 bits per heavy atom. The Morgan fingerprint density at radius 1 is 0.431 bits per heavy atom. The van der Waals surface area contributed by atoms with Crippen molar-refractivity contribution in [3.8, 4) is 45.6 Å². The third-order valence-corrected chi connectivity index (χ3v) is 7.33. The molecule has 58 heavy (non-hydrogen) atoms. The van der Waals surface area contributed by atoms with Gasteiger partial charge in [0.15, 0.2) is 0 Å². The molecule has 0 saturated carbocycles. The molecule has 0 amide bonds. The fraction of sp³-hybridized carbons (Fsp3) is 0.0857. The van der Waals surface area contributed by atoms with E-state index in [4.69, 9.17) is 65.8 Å². The summed E-state index contributed by atoms with van der Waals surface area (Å²) < 4.78 is 73.3. The molecule has 0 spiro atoms. The average Bonchev–Trinajstić information content (AvgIpc) is 3.82. The number of rotatable bonds is 0. The third-order valence-electron chi connectivity index (χ3n) is 7.33. The van der Waals surface area contributed by atoms with Crippen LogP contribution in [0.15, 0.2) is 97.1 Å². The van der Waals surface area contributed by atoms with E-state index in [1.165, 1.54) is 0 Å². The Kier molecular flexibility index (Phi) is 16.6. The number of hydrogen-bond acceptors (Lipinski definition) is 14. The van der Waals surface area contributed by atoms with Gasteiger partial charge in [-0.15, -0.1) is 0 Å². The number of hydrogen-bond donors (Lipinski definition) is 1. The van der Waals surface area contributed by atoms with E-state index in [9.17, 15) is 8.42 Å². The summed E-state index contributed by atoms with van der Waals surface area (Å²) in [6, 6.07) is 31.8. The van der Waals surface area contributed by atoms with Gasteiger partial charge >= 0.3 is 76.2 Å². The van der Waals surface area contributed by atoms with E-state index in [-0.39, 0.29) is 76.2 Å². The van der Waals surface area contributed by atoms with Crippen molar-refractivity contribution in [2.75, 3.05) is 18.8 Å². The van der Waals surface area contributed by atoms with E-state index in [1.54, 1.807) is 0 Å². The van der Waals surface area contributed by atoms with Crippen LogP contribution in [-0.2, 0) is 47.3 Å². The Balaban J connectivity index is 0.000000434. The molecule has 291 valence electrons. The molecule has 8 bridgehead atoms. The van der Waals surface area contributed by atoms with Crippen LogP contribution in [0.3, 0.4) is 0 Å². The molecular weight excluding hydrogens is 880 g/mol. The van der Waals surface area contributed by atoms with Gasteiger partial charge < -0.3 is 39.0 Å². The molecule has 0 fully saturated rings. The summed E-state index contributed by atoms with van der Waals surface area (Å²) in [6.45, 7) is 0. The maximum Gasteiger partial charge on any atom is 2.00 e. The van der Waals surface area contributed by atoms with E-state index in [1.807, 2.05) is 97.1 Å². The minimum absolute atomic E-state index is 0. The number of nitrogens with two attached hydrogens (primary N) is 1. The monoisotopic (exact) mass is 906 g/mol. The largest absolute Gasteiger partial charge is 2.00 e. The van der Waals surface area contributed by atoms with E-state index >= 15 is 0 Å². The zero-order valence-electron chi connectivity index (χ0n) is 31.2. The molecule has 0 aliphatic carbocycles. The number of primary sulfonamides is 1. The van der Waals surface area contributed by atoms with Crippen molar-refractivity contribution < 1.29 is 111 Å². The second-order valence-corrected chi connectivity index (χ2v) is 16.4. The second-order valence-electron chi connectivity index (χ2n) is 11.9. The molecule has 2 aliphatic heterocycles. The first-order valence-corrected chi connectivity index (χ1v) is 21.3. The Labute approximate surface area is 387 Å². The smallest absolute Gasteiger partial charge is 0.748 e. The quantitative estimate of drug-likeness (QED) is 0.120. The second kappa shape index (κ2) is 19.7. The molecule has 17 nitrogen and oxygen atoms in total. The summed E-state index contributed by atoms with van der Waals surface area (Å²) in [5.41, 5.74) is 5.78. The van der Waals surface area contributed by atoms with Gasteiger partial charge in [-0.2, -0.15) is 0 Å². The number of aromatic nitrogens is 8. The maximum atomic E-state index is 9.41. The van der Waals surface area contributed by atoms with Crippen molar-refractivity contribution in [1.82, 2.24) is 39.9 Å². The predicted octanol–water partition coefficient (Wildman–Crippen LogP) is -2.64. The third kappa shape index (κ3) is 12.7. The molecule has 0 unspecified atom stereocenters. The summed E-state index contributed by atoms with van der Waals surface area (Å²) in [5.74, 6) is 2.21. The first-order valence-electron chi connectivity index (χ1n) is 15.7.